The van der Waals surface area contributed by atoms with E-state index < -0.39 is 0 Å². The maximum absolute atomic E-state index is 5.81. The number of hydrogen-bond acceptors (Lipinski definition) is 4. The molecule has 0 unspecified atom stereocenters. The summed E-state index contributed by atoms with van der Waals surface area (Å²) in [4.78, 5) is 9.31. The lowest BCUT2D eigenvalue weighted by Gasteiger charge is -2.34. The van der Waals surface area contributed by atoms with Crippen molar-refractivity contribution in [3.05, 3.63) is 23.3 Å². The molecule has 0 bridgehead atoms. The zero-order chi connectivity index (χ0) is 13.0. The predicted octanol–water partition coefficient (Wildman–Crippen LogP) is 2.31. The normalized spacial score (nSPS) is 18.8. The van der Waals surface area contributed by atoms with Gasteiger partial charge in [-0.2, -0.15) is 0 Å². The third-order valence-electron chi connectivity index (χ3n) is 3.72. The van der Waals surface area contributed by atoms with Crippen molar-refractivity contribution in [3.8, 4) is 0 Å². The van der Waals surface area contributed by atoms with E-state index in [-0.39, 0.29) is 5.60 Å². The van der Waals surface area contributed by atoms with Crippen LogP contribution < -0.4 is 5.32 Å². The van der Waals surface area contributed by atoms with Crippen molar-refractivity contribution in [2.45, 2.75) is 51.2 Å². The van der Waals surface area contributed by atoms with E-state index in [9.17, 15) is 0 Å². The van der Waals surface area contributed by atoms with Crippen molar-refractivity contribution in [2.24, 2.45) is 0 Å². The molecule has 4 nitrogen and oxygen atoms in total. The van der Waals surface area contributed by atoms with Crippen LogP contribution in [-0.4, -0.2) is 24.1 Å². The van der Waals surface area contributed by atoms with Crippen LogP contribution in [0.25, 0.3) is 0 Å². The zero-order valence-electron chi connectivity index (χ0n) is 11.6. The van der Waals surface area contributed by atoms with Gasteiger partial charge in [0, 0.05) is 19.3 Å². The Morgan fingerprint density at radius 1 is 1.28 bits per heavy atom. The Morgan fingerprint density at radius 3 is 2.61 bits per heavy atom. The topological polar surface area (TPSA) is 47.0 Å². The number of ether oxygens (including phenoxy) is 1. The molecule has 1 aliphatic carbocycles. The summed E-state index contributed by atoms with van der Waals surface area (Å²) in [6.45, 7) is 2.80. The van der Waals surface area contributed by atoms with Crippen LogP contribution in [0.5, 0.6) is 0 Å². The molecule has 1 aromatic rings. The summed E-state index contributed by atoms with van der Waals surface area (Å²) < 4.78 is 5.81. The van der Waals surface area contributed by atoms with Gasteiger partial charge in [-0.05, 0) is 32.9 Å². The smallest absolute Gasteiger partial charge is 0.160 e. The number of nitrogens with one attached hydrogen (secondary N) is 1. The Bertz CT molecular complexity index is 400. The second-order valence-electron chi connectivity index (χ2n) is 5.11. The highest BCUT2D eigenvalue weighted by Crippen LogP contribution is 2.38. The second kappa shape index (κ2) is 5.76. The molecule has 0 radical (unpaired) electrons. The van der Waals surface area contributed by atoms with Gasteiger partial charge in [-0.1, -0.05) is 19.3 Å². The van der Waals surface area contributed by atoms with Crippen molar-refractivity contribution >= 4 is 0 Å². The van der Waals surface area contributed by atoms with E-state index in [2.05, 4.69) is 10.3 Å². The highest BCUT2D eigenvalue weighted by molar-refractivity contribution is 5.15. The Balaban J connectivity index is 2.34. The lowest BCUT2D eigenvalue weighted by molar-refractivity contribution is -0.0517. The molecule has 1 aliphatic rings. The lowest BCUT2D eigenvalue weighted by atomic mass is 9.84. The van der Waals surface area contributed by atoms with Crippen LogP contribution in [0.1, 0.15) is 49.3 Å². The number of aromatic nitrogens is 2. The number of aryl methyl sites for hydroxylation is 1. The maximum atomic E-state index is 5.81. The van der Waals surface area contributed by atoms with E-state index in [1.807, 2.05) is 20.0 Å². The van der Waals surface area contributed by atoms with Gasteiger partial charge in [0.2, 0.25) is 0 Å². The summed E-state index contributed by atoms with van der Waals surface area (Å²) in [5.41, 5.74) is 1.81. The summed E-state index contributed by atoms with van der Waals surface area (Å²) in [7, 11) is 3.72. The van der Waals surface area contributed by atoms with Gasteiger partial charge in [0.05, 0.1) is 5.69 Å². The molecule has 1 heterocycles. The van der Waals surface area contributed by atoms with E-state index in [4.69, 9.17) is 9.72 Å². The molecule has 0 aromatic carbocycles. The first-order chi connectivity index (χ1) is 8.70. The van der Waals surface area contributed by atoms with Gasteiger partial charge in [-0.3, -0.25) is 0 Å². The molecule has 18 heavy (non-hydrogen) atoms. The van der Waals surface area contributed by atoms with Crippen LogP contribution in [0.4, 0.5) is 0 Å². The Hall–Kier alpha value is -1.00. The number of methoxy groups -OCH3 is 1. The number of nitrogens with zero attached hydrogens (tertiary/aromatic N) is 2. The van der Waals surface area contributed by atoms with Crippen LogP contribution >= 0.6 is 0 Å². The third-order valence-corrected chi connectivity index (χ3v) is 3.72. The first-order valence-corrected chi connectivity index (χ1v) is 6.75. The molecule has 0 amide bonds. The minimum atomic E-state index is -0.257. The van der Waals surface area contributed by atoms with E-state index in [0.717, 1.165) is 36.6 Å². The first-order valence-electron chi connectivity index (χ1n) is 6.75. The Kier molecular flexibility index (Phi) is 4.30. The van der Waals surface area contributed by atoms with Crippen molar-refractivity contribution in [3.63, 3.8) is 0 Å². The van der Waals surface area contributed by atoms with Gasteiger partial charge in [0.25, 0.3) is 0 Å². The molecule has 1 saturated carbocycles. The van der Waals surface area contributed by atoms with Crippen molar-refractivity contribution in [2.75, 3.05) is 14.2 Å². The standard InChI is InChI=1S/C14H23N3O/c1-11-9-12(10-15-2)17-13(16-11)14(18-3)7-5-4-6-8-14/h9,15H,4-8,10H2,1-3H3. The van der Waals surface area contributed by atoms with E-state index in [1.165, 1.54) is 19.3 Å². The molecule has 2 rings (SSSR count). The van der Waals surface area contributed by atoms with E-state index >= 15 is 0 Å². The molecule has 100 valence electrons. The van der Waals surface area contributed by atoms with Crippen LogP contribution in [0.2, 0.25) is 0 Å². The summed E-state index contributed by atoms with van der Waals surface area (Å²) in [5, 5.41) is 3.14. The fraction of sp³-hybridized carbons (Fsp3) is 0.714. The average Bonchev–Trinajstić information content (AvgIpc) is 2.39. The summed E-state index contributed by atoms with van der Waals surface area (Å²) in [6.07, 6.45) is 5.76. The summed E-state index contributed by atoms with van der Waals surface area (Å²) in [6, 6.07) is 2.03. The van der Waals surface area contributed by atoms with Gasteiger partial charge in [0.15, 0.2) is 5.82 Å². The fourth-order valence-electron chi connectivity index (χ4n) is 2.75. The van der Waals surface area contributed by atoms with Gasteiger partial charge in [0.1, 0.15) is 5.60 Å². The molecule has 4 heteroatoms. The highest BCUT2D eigenvalue weighted by Gasteiger charge is 2.36. The lowest BCUT2D eigenvalue weighted by Crippen LogP contribution is -2.34. The molecule has 0 aliphatic heterocycles. The summed E-state index contributed by atoms with van der Waals surface area (Å²) in [5.74, 6) is 0.870. The largest absolute Gasteiger partial charge is 0.370 e. The molecule has 1 N–H and O–H groups in total. The minimum Gasteiger partial charge on any atom is -0.370 e. The molecular formula is C14H23N3O. The number of hydrogen-bond donors (Lipinski definition) is 1. The average molecular weight is 249 g/mol. The van der Waals surface area contributed by atoms with Gasteiger partial charge in [-0.25, -0.2) is 9.97 Å². The molecule has 0 saturated heterocycles. The van der Waals surface area contributed by atoms with Crippen LogP contribution in [0.3, 0.4) is 0 Å². The van der Waals surface area contributed by atoms with Crippen molar-refractivity contribution in [1.82, 2.24) is 15.3 Å². The van der Waals surface area contributed by atoms with Crippen molar-refractivity contribution in [1.29, 1.82) is 0 Å². The highest BCUT2D eigenvalue weighted by atomic mass is 16.5. The molecular weight excluding hydrogens is 226 g/mol. The number of rotatable bonds is 4. The minimum absolute atomic E-state index is 0.257. The van der Waals surface area contributed by atoms with E-state index in [1.54, 1.807) is 7.11 Å². The van der Waals surface area contributed by atoms with Gasteiger partial charge < -0.3 is 10.1 Å². The molecule has 0 spiro atoms. The summed E-state index contributed by atoms with van der Waals surface area (Å²) >= 11 is 0. The SMILES string of the molecule is CNCc1cc(C)nc(C2(OC)CCCCC2)n1. The third kappa shape index (κ3) is 2.70. The second-order valence-corrected chi connectivity index (χ2v) is 5.11. The Labute approximate surface area is 109 Å². The molecule has 0 atom stereocenters. The first kappa shape index (κ1) is 13.4. The van der Waals surface area contributed by atoms with Crippen LogP contribution in [0, 0.1) is 6.92 Å². The predicted molar refractivity (Wildman–Crippen MR) is 71.3 cm³/mol. The van der Waals surface area contributed by atoms with Crippen LogP contribution in [-0.2, 0) is 16.9 Å². The van der Waals surface area contributed by atoms with Crippen molar-refractivity contribution < 1.29 is 4.74 Å². The van der Waals surface area contributed by atoms with Gasteiger partial charge in [-0.15, -0.1) is 0 Å². The van der Waals surface area contributed by atoms with E-state index in [0.29, 0.717) is 0 Å². The molecule has 1 fully saturated rings. The Morgan fingerprint density at radius 2 is 2.00 bits per heavy atom. The monoisotopic (exact) mass is 249 g/mol. The zero-order valence-corrected chi connectivity index (χ0v) is 11.6. The van der Waals surface area contributed by atoms with Crippen LogP contribution in [0.15, 0.2) is 6.07 Å². The molecule has 1 aromatic heterocycles. The maximum Gasteiger partial charge on any atom is 0.160 e. The fourth-order valence-corrected chi connectivity index (χ4v) is 2.75. The quantitative estimate of drug-likeness (QED) is 0.889. The van der Waals surface area contributed by atoms with Gasteiger partial charge >= 0.3 is 0 Å².